The Balaban J connectivity index is 2.38. The zero-order valence-electron chi connectivity index (χ0n) is 12.9. The van der Waals surface area contributed by atoms with Gasteiger partial charge in [0.05, 0.1) is 4.90 Å². The molecule has 0 radical (unpaired) electrons. The Morgan fingerprint density at radius 1 is 1.33 bits per heavy atom. The molecule has 4 nitrogen and oxygen atoms in total. The fourth-order valence-electron chi connectivity index (χ4n) is 2.91. The van der Waals surface area contributed by atoms with E-state index in [1.165, 1.54) is 12.3 Å². The monoisotopic (exact) mass is 309 g/mol. The normalized spacial score (nSPS) is 19.6. The number of nitrogens with zero attached hydrogens (tertiary/aromatic N) is 1. The van der Waals surface area contributed by atoms with E-state index in [0.29, 0.717) is 5.56 Å². The van der Waals surface area contributed by atoms with Crippen LogP contribution in [-0.2, 0) is 9.84 Å². The van der Waals surface area contributed by atoms with Crippen LogP contribution in [0.15, 0.2) is 23.1 Å². The first-order chi connectivity index (χ1) is 9.84. The van der Waals surface area contributed by atoms with Gasteiger partial charge in [-0.3, -0.25) is 4.79 Å². The molecule has 1 amide bonds. The van der Waals surface area contributed by atoms with Crippen LogP contribution in [0.3, 0.4) is 0 Å². The molecule has 1 aromatic rings. The van der Waals surface area contributed by atoms with Crippen LogP contribution in [0, 0.1) is 6.92 Å². The molecule has 1 saturated heterocycles. The molecule has 1 aliphatic rings. The Bertz CT molecular complexity index is 637. The second-order valence-corrected chi connectivity index (χ2v) is 7.82. The molecule has 0 spiro atoms. The first kappa shape index (κ1) is 16.0. The van der Waals surface area contributed by atoms with Crippen molar-refractivity contribution in [2.45, 2.75) is 50.5 Å². The molecule has 1 unspecified atom stereocenters. The second-order valence-electron chi connectivity index (χ2n) is 5.81. The summed E-state index contributed by atoms with van der Waals surface area (Å²) < 4.78 is 23.4. The highest BCUT2D eigenvalue weighted by Crippen LogP contribution is 2.24. The summed E-state index contributed by atoms with van der Waals surface area (Å²) in [6.45, 7) is 4.71. The van der Waals surface area contributed by atoms with E-state index < -0.39 is 9.84 Å². The number of hydrogen-bond acceptors (Lipinski definition) is 3. The molecule has 5 heteroatoms. The number of piperidine rings is 1. The smallest absolute Gasteiger partial charge is 0.254 e. The molecular formula is C16H23NO3S. The second kappa shape index (κ2) is 6.18. The number of aryl methyl sites for hydroxylation is 1. The molecule has 1 heterocycles. The van der Waals surface area contributed by atoms with Crippen LogP contribution in [0.1, 0.15) is 48.5 Å². The summed E-state index contributed by atoms with van der Waals surface area (Å²) in [5.41, 5.74) is 1.34. The van der Waals surface area contributed by atoms with Crippen LogP contribution < -0.4 is 0 Å². The van der Waals surface area contributed by atoms with Crippen molar-refractivity contribution in [3.63, 3.8) is 0 Å². The maximum atomic E-state index is 12.8. The molecule has 0 aromatic heterocycles. The molecule has 0 N–H and O–H groups in total. The Labute approximate surface area is 127 Å². The third-order valence-corrected chi connectivity index (χ3v) is 5.34. The summed E-state index contributed by atoms with van der Waals surface area (Å²) in [7, 11) is -3.30. The van der Waals surface area contributed by atoms with E-state index in [0.717, 1.165) is 37.8 Å². The molecule has 116 valence electrons. The number of rotatable bonds is 3. The fourth-order valence-corrected chi connectivity index (χ4v) is 3.56. The van der Waals surface area contributed by atoms with Gasteiger partial charge in [0.25, 0.3) is 5.91 Å². The number of hydrogen-bond donors (Lipinski definition) is 0. The summed E-state index contributed by atoms with van der Waals surface area (Å²) >= 11 is 0. The lowest BCUT2D eigenvalue weighted by Crippen LogP contribution is -2.43. The summed E-state index contributed by atoms with van der Waals surface area (Å²) in [5, 5.41) is 0. The van der Waals surface area contributed by atoms with Crippen LogP contribution >= 0.6 is 0 Å². The number of benzene rings is 1. The van der Waals surface area contributed by atoms with Gasteiger partial charge in [-0.25, -0.2) is 8.42 Å². The van der Waals surface area contributed by atoms with Gasteiger partial charge in [-0.1, -0.05) is 13.0 Å². The lowest BCUT2D eigenvalue weighted by atomic mass is 9.98. The van der Waals surface area contributed by atoms with Gasteiger partial charge in [0.2, 0.25) is 0 Å². The Kier molecular flexibility index (Phi) is 4.71. The lowest BCUT2D eigenvalue weighted by Gasteiger charge is -2.35. The van der Waals surface area contributed by atoms with E-state index in [1.54, 1.807) is 12.1 Å². The van der Waals surface area contributed by atoms with Gasteiger partial charge in [0, 0.05) is 24.4 Å². The molecule has 0 bridgehead atoms. The van der Waals surface area contributed by atoms with Crippen molar-refractivity contribution >= 4 is 15.7 Å². The zero-order chi connectivity index (χ0) is 15.6. The molecule has 1 aliphatic heterocycles. The van der Waals surface area contributed by atoms with E-state index in [4.69, 9.17) is 0 Å². The number of likely N-dealkylation sites (tertiary alicyclic amines) is 1. The van der Waals surface area contributed by atoms with Crippen molar-refractivity contribution < 1.29 is 13.2 Å². The minimum atomic E-state index is -3.30. The number of amides is 1. The molecule has 1 atom stereocenters. The predicted octanol–water partition coefficient (Wildman–Crippen LogP) is 2.80. The lowest BCUT2D eigenvalue weighted by molar-refractivity contribution is 0.0607. The van der Waals surface area contributed by atoms with E-state index in [9.17, 15) is 13.2 Å². The standard InChI is InChI=1S/C16H23NO3S/c1-4-13-7-5-6-10-17(13)16(18)15-11-14(21(3,19)20)9-8-12(15)2/h8-9,11,13H,4-7,10H2,1-3H3. The largest absolute Gasteiger partial charge is 0.336 e. The van der Waals surface area contributed by atoms with Crippen LogP contribution in [0.5, 0.6) is 0 Å². The number of sulfone groups is 1. The van der Waals surface area contributed by atoms with Crippen LogP contribution in [0.4, 0.5) is 0 Å². The molecule has 0 saturated carbocycles. The molecule has 0 aliphatic carbocycles. The SMILES string of the molecule is CCC1CCCCN1C(=O)c1cc(S(C)(=O)=O)ccc1C. The zero-order valence-corrected chi connectivity index (χ0v) is 13.7. The third-order valence-electron chi connectivity index (χ3n) is 4.23. The topological polar surface area (TPSA) is 54.5 Å². The van der Waals surface area contributed by atoms with Gasteiger partial charge >= 0.3 is 0 Å². The summed E-state index contributed by atoms with van der Waals surface area (Å²) in [5.74, 6) is -0.0375. The molecule has 1 fully saturated rings. The van der Waals surface area contributed by atoms with Crippen LogP contribution in [-0.4, -0.2) is 38.1 Å². The van der Waals surface area contributed by atoms with Crippen molar-refractivity contribution in [3.8, 4) is 0 Å². The maximum absolute atomic E-state index is 12.8. The van der Waals surface area contributed by atoms with E-state index in [2.05, 4.69) is 6.92 Å². The Morgan fingerprint density at radius 2 is 2.05 bits per heavy atom. The van der Waals surface area contributed by atoms with Crippen molar-refractivity contribution in [2.24, 2.45) is 0 Å². The van der Waals surface area contributed by atoms with Gasteiger partial charge < -0.3 is 4.90 Å². The van der Waals surface area contributed by atoms with E-state index in [-0.39, 0.29) is 16.8 Å². The van der Waals surface area contributed by atoms with Crippen molar-refractivity contribution in [3.05, 3.63) is 29.3 Å². The average molecular weight is 309 g/mol. The number of carbonyl (C=O) groups is 1. The highest BCUT2D eigenvalue weighted by Gasteiger charge is 2.27. The van der Waals surface area contributed by atoms with Gasteiger partial charge in [0.15, 0.2) is 9.84 Å². The highest BCUT2D eigenvalue weighted by atomic mass is 32.2. The third kappa shape index (κ3) is 3.46. The summed E-state index contributed by atoms with van der Waals surface area (Å²) in [4.78, 5) is 14.9. The van der Waals surface area contributed by atoms with Crippen molar-refractivity contribution in [1.82, 2.24) is 4.90 Å². The first-order valence-electron chi connectivity index (χ1n) is 7.46. The van der Waals surface area contributed by atoms with Gasteiger partial charge in [0.1, 0.15) is 0 Å². The predicted molar refractivity (Wildman–Crippen MR) is 83.3 cm³/mol. The minimum Gasteiger partial charge on any atom is -0.336 e. The minimum absolute atomic E-state index is 0.0375. The molecule has 2 rings (SSSR count). The van der Waals surface area contributed by atoms with E-state index >= 15 is 0 Å². The number of carbonyl (C=O) groups excluding carboxylic acids is 1. The maximum Gasteiger partial charge on any atom is 0.254 e. The Hall–Kier alpha value is -1.36. The van der Waals surface area contributed by atoms with Gasteiger partial charge in [-0.2, -0.15) is 0 Å². The molecule has 1 aromatic carbocycles. The average Bonchev–Trinajstić information content (AvgIpc) is 2.45. The summed E-state index contributed by atoms with van der Waals surface area (Å²) in [6.07, 6.45) is 5.32. The Morgan fingerprint density at radius 3 is 2.67 bits per heavy atom. The van der Waals surface area contributed by atoms with Gasteiger partial charge in [-0.05, 0) is 50.3 Å². The van der Waals surface area contributed by atoms with Crippen LogP contribution in [0.25, 0.3) is 0 Å². The molecular weight excluding hydrogens is 286 g/mol. The quantitative estimate of drug-likeness (QED) is 0.862. The van der Waals surface area contributed by atoms with E-state index in [1.807, 2.05) is 11.8 Å². The molecule has 21 heavy (non-hydrogen) atoms. The summed E-state index contributed by atoms with van der Waals surface area (Å²) in [6, 6.07) is 5.07. The van der Waals surface area contributed by atoms with Crippen molar-refractivity contribution in [1.29, 1.82) is 0 Å². The fraction of sp³-hybridized carbons (Fsp3) is 0.562. The van der Waals surface area contributed by atoms with Crippen molar-refractivity contribution in [2.75, 3.05) is 12.8 Å². The van der Waals surface area contributed by atoms with Crippen LogP contribution in [0.2, 0.25) is 0 Å². The van der Waals surface area contributed by atoms with Gasteiger partial charge in [-0.15, -0.1) is 0 Å². The first-order valence-corrected chi connectivity index (χ1v) is 9.35. The highest BCUT2D eigenvalue weighted by molar-refractivity contribution is 7.90.